The molecule has 0 spiro atoms. The molecule has 1 saturated heterocycles. The van der Waals surface area contributed by atoms with Gasteiger partial charge in [-0.2, -0.15) is 0 Å². The second-order valence-corrected chi connectivity index (χ2v) is 6.97. The fourth-order valence-electron chi connectivity index (χ4n) is 3.64. The van der Waals surface area contributed by atoms with Crippen LogP contribution in [0.2, 0.25) is 0 Å². The lowest BCUT2D eigenvalue weighted by Gasteiger charge is -2.41. The molecule has 0 radical (unpaired) electrons. The summed E-state index contributed by atoms with van der Waals surface area (Å²) in [7, 11) is 1.61. The van der Waals surface area contributed by atoms with E-state index in [2.05, 4.69) is 4.98 Å². The van der Waals surface area contributed by atoms with Crippen LogP contribution in [-0.4, -0.2) is 48.8 Å². The lowest BCUT2D eigenvalue weighted by molar-refractivity contribution is -0.0774. The summed E-state index contributed by atoms with van der Waals surface area (Å²) in [5.74, 6) is 1.21. The molecule has 0 aliphatic carbocycles. The molecule has 154 valence electrons. The average molecular weight is 404 g/mol. The van der Waals surface area contributed by atoms with E-state index in [0.717, 1.165) is 11.3 Å². The van der Waals surface area contributed by atoms with E-state index in [-0.39, 0.29) is 18.1 Å². The molecule has 6 heteroatoms. The number of hydrogen-bond acceptors (Lipinski definition) is 5. The highest BCUT2D eigenvalue weighted by atomic mass is 16.5. The third-order valence-electron chi connectivity index (χ3n) is 5.12. The monoisotopic (exact) mass is 404 g/mol. The van der Waals surface area contributed by atoms with Gasteiger partial charge in [0.25, 0.3) is 5.91 Å². The number of carbonyl (C=O) groups is 1. The van der Waals surface area contributed by atoms with Crippen molar-refractivity contribution >= 4 is 5.91 Å². The summed E-state index contributed by atoms with van der Waals surface area (Å²) in [6.45, 7) is 1.24. The zero-order valence-electron chi connectivity index (χ0n) is 16.8. The van der Waals surface area contributed by atoms with Crippen molar-refractivity contribution in [2.75, 3.05) is 26.9 Å². The molecule has 0 unspecified atom stereocenters. The SMILES string of the molecule is COc1ccc(C(=O)N2CCO[C@@H](COc3ccccn3)[C@@H]2c2ccccc2)cc1. The zero-order chi connectivity index (χ0) is 20.8. The first-order chi connectivity index (χ1) is 14.8. The summed E-state index contributed by atoms with van der Waals surface area (Å²) < 4.78 is 17.1. The molecule has 4 rings (SSSR count). The predicted octanol–water partition coefficient (Wildman–Crippen LogP) is 3.75. The molecule has 1 aliphatic heterocycles. The second-order valence-electron chi connectivity index (χ2n) is 6.97. The van der Waals surface area contributed by atoms with E-state index in [9.17, 15) is 4.79 Å². The summed E-state index contributed by atoms with van der Waals surface area (Å²) in [5.41, 5.74) is 1.62. The Kier molecular flexibility index (Phi) is 6.25. The molecule has 2 heterocycles. The first-order valence-corrected chi connectivity index (χ1v) is 9.91. The highest BCUT2D eigenvalue weighted by Crippen LogP contribution is 2.31. The Labute approximate surface area is 176 Å². The van der Waals surface area contributed by atoms with E-state index < -0.39 is 0 Å². The summed E-state index contributed by atoms with van der Waals surface area (Å²) >= 11 is 0. The third-order valence-corrected chi connectivity index (χ3v) is 5.12. The lowest BCUT2D eigenvalue weighted by Crippen LogP contribution is -2.50. The molecule has 2 atom stereocenters. The van der Waals surface area contributed by atoms with Crippen LogP contribution in [0, 0.1) is 0 Å². The van der Waals surface area contributed by atoms with E-state index >= 15 is 0 Å². The Balaban J connectivity index is 1.59. The minimum absolute atomic E-state index is 0.0438. The summed E-state index contributed by atoms with van der Waals surface area (Å²) in [6.07, 6.45) is 1.37. The van der Waals surface area contributed by atoms with Gasteiger partial charge in [0.2, 0.25) is 5.88 Å². The number of carbonyl (C=O) groups excluding carboxylic acids is 1. The molecule has 1 aromatic heterocycles. The van der Waals surface area contributed by atoms with Crippen LogP contribution in [0.1, 0.15) is 22.0 Å². The summed E-state index contributed by atoms with van der Waals surface area (Å²) in [5, 5.41) is 0. The molecule has 30 heavy (non-hydrogen) atoms. The molecule has 6 nitrogen and oxygen atoms in total. The third kappa shape index (κ3) is 4.44. The van der Waals surface area contributed by atoms with Crippen molar-refractivity contribution in [1.29, 1.82) is 0 Å². The van der Waals surface area contributed by atoms with Crippen LogP contribution in [0.4, 0.5) is 0 Å². The number of hydrogen-bond donors (Lipinski definition) is 0. The van der Waals surface area contributed by atoms with E-state index in [1.807, 2.05) is 47.4 Å². The van der Waals surface area contributed by atoms with Crippen molar-refractivity contribution < 1.29 is 19.0 Å². The molecule has 1 fully saturated rings. The normalized spacial score (nSPS) is 18.6. The van der Waals surface area contributed by atoms with Crippen LogP contribution in [0.15, 0.2) is 79.0 Å². The van der Waals surface area contributed by atoms with Crippen molar-refractivity contribution in [1.82, 2.24) is 9.88 Å². The molecule has 0 saturated carbocycles. The van der Waals surface area contributed by atoms with Gasteiger partial charge < -0.3 is 19.1 Å². The van der Waals surface area contributed by atoms with E-state index in [1.54, 1.807) is 43.6 Å². The number of amides is 1. The zero-order valence-corrected chi connectivity index (χ0v) is 16.8. The van der Waals surface area contributed by atoms with Crippen LogP contribution in [0.5, 0.6) is 11.6 Å². The Bertz CT molecular complexity index is 948. The largest absolute Gasteiger partial charge is 0.497 e. The fraction of sp³-hybridized carbons (Fsp3) is 0.250. The van der Waals surface area contributed by atoms with Crippen molar-refractivity contribution in [3.8, 4) is 11.6 Å². The molecule has 3 aromatic rings. The highest BCUT2D eigenvalue weighted by Gasteiger charge is 2.37. The number of benzene rings is 2. The topological polar surface area (TPSA) is 60.9 Å². The van der Waals surface area contributed by atoms with Crippen LogP contribution in [0.25, 0.3) is 0 Å². The number of aromatic nitrogens is 1. The van der Waals surface area contributed by atoms with Gasteiger partial charge in [0.15, 0.2) is 0 Å². The van der Waals surface area contributed by atoms with Crippen molar-refractivity contribution in [2.24, 2.45) is 0 Å². The minimum atomic E-state index is -0.314. The van der Waals surface area contributed by atoms with Crippen LogP contribution < -0.4 is 9.47 Å². The van der Waals surface area contributed by atoms with Crippen LogP contribution in [-0.2, 0) is 4.74 Å². The first-order valence-electron chi connectivity index (χ1n) is 9.91. The van der Waals surface area contributed by atoms with Gasteiger partial charge in [0, 0.05) is 24.4 Å². The smallest absolute Gasteiger partial charge is 0.254 e. The number of methoxy groups -OCH3 is 1. The van der Waals surface area contributed by atoms with E-state index in [0.29, 0.717) is 31.2 Å². The van der Waals surface area contributed by atoms with E-state index in [1.165, 1.54) is 0 Å². The van der Waals surface area contributed by atoms with Gasteiger partial charge in [-0.25, -0.2) is 4.98 Å². The number of nitrogens with zero attached hydrogens (tertiary/aromatic N) is 2. The highest BCUT2D eigenvalue weighted by molar-refractivity contribution is 5.94. The molecular formula is C24H24N2O4. The number of ether oxygens (including phenoxy) is 3. The lowest BCUT2D eigenvalue weighted by atomic mass is 9.97. The number of pyridine rings is 1. The molecule has 1 amide bonds. The van der Waals surface area contributed by atoms with Gasteiger partial charge in [0.05, 0.1) is 19.8 Å². The van der Waals surface area contributed by atoms with Gasteiger partial charge in [-0.1, -0.05) is 36.4 Å². The maximum atomic E-state index is 13.4. The van der Waals surface area contributed by atoms with Crippen LogP contribution >= 0.6 is 0 Å². The Hall–Kier alpha value is -3.38. The molecular weight excluding hydrogens is 380 g/mol. The average Bonchev–Trinajstić information content (AvgIpc) is 2.83. The van der Waals surface area contributed by atoms with Gasteiger partial charge in [-0.15, -0.1) is 0 Å². The number of morpholine rings is 1. The van der Waals surface area contributed by atoms with Gasteiger partial charge in [-0.05, 0) is 35.9 Å². The standard InChI is InChI=1S/C24H24N2O4/c1-28-20-12-10-19(11-13-20)24(27)26-15-16-29-21(17-30-22-9-5-6-14-25-22)23(26)18-7-3-2-4-8-18/h2-14,21,23H,15-17H2,1H3/t21-,23-/m0/s1. The van der Waals surface area contributed by atoms with Gasteiger partial charge in [-0.3, -0.25) is 4.79 Å². The summed E-state index contributed by atoms with van der Waals surface area (Å²) in [6, 6.07) is 22.4. The maximum absolute atomic E-state index is 13.4. The molecule has 1 aliphatic rings. The van der Waals surface area contributed by atoms with E-state index in [4.69, 9.17) is 14.2 Å². The molecule has 2 aromatic carbocycles. The van der Waals surface area contributed by atoms with Crippen molar-refractivity contribution in [3.05, 3.63) is 90.1 Å². The Morgan fingerprint density at radius 1 is 1.07 bits per heavy atom. The quantitative estimate of drug-likeness (QED) is 0.626. The van der Waals surface area contributed by atoms with Gasteiger partial charge >= 0.3 is 0 Å². The Morgan fingerprint density at radius 2 is 1.83 bits per heavy atom. The first kappa shape index (κ1) is 19.9. The minimum Gasteiger partial charge on any atom is -0.497 e. The molecule has 0 bridgehead atoms. The van der Waals surface area contributed by atoms with Crippen molar-refractivity contribution in [2.45, 2.75) is 12.1 Å². The number of rotatable bonds is 6. The summed E-state index contributed by atoms with van der Waals surface area (Å²) in [4.78, 5) is 19.5. The van der Waals surface area contributed by atoms with Crippen molar-refractivity contribution in [3.63, 3.8) is 0 Å². The maximum Gasteiger partial charge on any atom is 0.254 e. The van der Waals surface area contributed by atoms with Crippen LogP contribution in [0.3, 0.4) is 0 Å². The fourth-order valence-corrected chi connectivity index (χ4v) is 3.64. The Morgan fingerprint density at radius 3 is 2.53 bits per heavy atom. The molecule has 0 N–H and O–H groups in total. The predicted molar refractivity (Wildman–Crippen MR) is 113 cm³/mol. The second kappa shape index (κ2) is 9.41. The van der Waals surface area contributed by atoms with Gasteiger partial charge in [0.1, 0.15) is 18.5 Å².